The van der Waals surface area contributed by atoms with Gasteiger partial charge in [-0.2, -0.15) is 0 Å². The predicted octanol–water partition coefficient (Wildman–Crippen LogP) is 1.86. The largest absolute Gasteiger partial charge is 0.368 e. The van der Waals surface area contributed by atoms with Crippen LogP contribution in [0.3, 0.4) is 0 Å². The van der Waals surface area contributed by atoms with Crippen LogP contribution in [0, 0.1) is 0 Å². The molecule has 0 spiro atoms. The zero-order chi connectivity index (χ0) is 10.2. The Morgan fingerprint density at radius 2 is 2.29 bits per heavy atom. The molecule has 0 radical (unpaired) electrons. The lowest BCUT2D eigenvalue weighted by atomic mass is 10.1. The van der Waals surface area contributed by atoms with E-state index in [-0.39, 0.29) is 12.0 Å². The van der Waals surface area contributed by atoms with E-state index in [9.17, 15) is 4.79 Å². The molecule has 0 aromatic rings. The molecule has 3 nitrogen and oxygen atoms in total. The summed E-state index contributed by atoms with van der Waals surface area (Å²) < 4.78 is 5.38. The van der Waals surface area contributed by atoms with Gasteiger partial charge in [0.2, 0.25) is 5.91 Å². The maximum atomic E-state index is 11.5. The number of amides is 1. The second-order valence-electron chi connectivity index (χ2n) is 3.85. The van der Waals surface area contributed by atoms with Crippen molar-refractivity contribution >= 4 is 5.91 Å². The van der Waals surface area contributed by atoms with Gasteiger partial charge in [-0.05, 0) is 25.7 Å². The maximum Gasteiger partial charge on any atom is 0.249 e. The molecule has 14 heavy (non-hydrogen) atoms. The average Bonchev–Trinajstić information content (AvgIpc) is 2.25. The molecule has 1 amide bonds. The molecule has 1 fully saturated rings. The molecule has 0 aliphatic carbocycles. The van der Waals surface area contributed by atoms with Crippen molar-refractivity contribution in [3.05, 3.63) is 0 Å². The molecule has 0 saturated carbocycles. The van der Waals surface area contributed by atoms with E-state index in [1.165, 1.54) is 12.8 Å². The van der Waals surface area contributed by atoms with Gasteiger partial charge in [0.25, 0.3) is 0 Å². The summed E-state index contributed by atoms with van der Waals surface area (Å²) in [6.45, 7) is 3.70. The number of hydrogen-bond acceptors (Lipinski definition) is 2. The monoisotopic (exact) mass is 199 g/mol. The number of carbonyl (C=O) groups is 1. The first-order valence-electron chi connectivity index (χ1n) is 5.74. The number of rotatable bonds is 5. The van der Waals surface area contributed by atoms with E-state index in [1.54, 1.807) is 0 Å². The fourth-order valence-electron chi connectivity index (χ4n) is 1.65. The first-order valence-corrected chi connectivity index (χ1v) is 5.74. The molecule has 1 aliphatic rings. The number of nitrogens with one attached hydrogen (secondary N) is 1. The second kappa shape index (κ2) is 6.82. The molecule has 1 atom stereocenters. The summed E-state index contributed by atoms with van der Waals surface area (Å²) in [6.07, 6.45) is 6.38. The Balaban J connectivity index is 2.07. The maximum absolute atomic E-state index is 11.5. The lowest BCUT2D eigenvalue weighted by molar-refractivity contribution is -0.135. The molecule has 0 bridgehead atoms. The molecule has 0 aromatic carbocycles. The highest BCUT2D eigenvalue weighted by Crippen LogP contribution is 2.12. The molecule has 1 rings (SSSR count). The smallest absolute Gasteiger partial charge is 0.249 e. The highest BCUT2D eigenvalue weighted by Gasteiger charge is 2.20. The number of hydrogen-bond donors (Lipinski definition) is 1. The van der Waals surface area contributed by atoms with Crippen LogP contribution < -0.4 is 5.32 Å². The van der Waals surface area contributed by atoms with E-state index in [0.717, 1.165) is 38.8 Å². The lowest BCUT2D eigenvalue weighted by Crippen LogP contribution is -2.38. The van der Waals surface area contributed by atoms with Crippen LogP contribution in [0.2, 0.25) is 0 Å². The Morgan fingerprint density at radius 1 is 1.43 bits per heavy atom. The molecule has 0 aromatic heterocycles. The van der Waals surface area contributed by atoms with Crippen LogP contribution in [-0.2, 0) is 9.53 Å². The molecule has 0 unspecified atom stereocenters. The summed E-state index contributed by atoms with van der Waals surface area (Å²) in [5.41, 5.74) is 0. The molecule has 1 saturated heterocycles. The van der Waals surface area contributed by atoms with Crippen molar-refractivity contribution in [2.24, 2.45) is 0 Å². The van der Waals surface area contributed by atoms with Crippen molar-refractivity contribution in [2.45, 2.75) is 51.6 Å². The van der Waals surface area contributed by atoms with Gasteiger partial charge in [-0.1, -0.05) is 19.8 Å². The van der Waals surface area contributed by atoms with Gasteiger partial charge in [0.1, 0.15) is 6.10 Å². The van der Waals surface area contributed by atoms with Crippen LogP contribution in [0.1, 0.15) is 45.4 Å². The molecule has 1 aliphatic heterocycles. The Bertz CT molecular complexity index is 165. The van der Waals surface area contributed by atoms with Gasteiger partial charge in [-0.15, -0.1) is 0 Å². The summed E-state index contributed by atoms with van der Waals surface area (Å²) >= 11 is 0. The van der Waals surface area contributed by atoms with E-state index in [0.29, 0.717) is 0 Å². The van der Waals surface area contributed by atoms with Crippen LogP contribution in [0.4, 0.5) is 0 Å². The van der Waals surface area contributed by atoms with Crippen molar-refractivity contribution in [1.82, 2.24) is 5.32 Å². The van der Waals surface area contributed by atoms with E-state index >= 15 is 0 Å². The minimum Gasteiger partial charge on any atom is -0.368 e. The Hall–Kier alpha value is -0.570. The van der Waals surface area contributed by atoms with Crippen LogP contribution in [-0.4, -0.2) is 25.2 Å². The van der Waals surface area contributed by atoms with E-state index in [1.807, 2.05) is 0 Å². The molecule has 1 N–H and O–H groups in total. The number of carbonyl (C=O) groups excluding carboxylic acids is 1. The van der Waals surface area contributed by atoms with Gasteiger partial charge in [-0.25, -0.2) is 0 Å². The summed E-state index contributed by atoms with van der Waals surface area (Å²) in [5, 5.41) is 2.92. The van der Waals surface area contributed by atoms with Gasteiger partial charge in [-0.3, -0.25) is 4.79 Å². The van der Waals surface area contributed by atoms with Gasteiger partial charge >= 0.3 is 0 Å². The third-order valence-corrected chi connectivity index (χ3v) is 2.55. The summed E-state index contributed by atoms with van der Waals surface area (Å²) in [7, 11) is 0. The lowest BCUT2D eigenvalue weighted by Gasteiger charge is -2.21. The Morgan fingerprint density at radius 3 is 2.93 bits per heavy atom. The molecule has 3 heteroatoms. The Kier molecular flexibility index (Phi) is 5.60. The van der Waals surface area contributed by atoms with E-state index < -0.39 is 0 Å². The van der Waals surface area contributed by atoms with Crippen LogP contribution >= 0.6 is 0 Å². The molecular weight excluding hydrogens is 178 g/mol. The SMILES string of the molecule is CCCCCNC(=O)[C@H]1CCCCO1. The first-order chi connectivity index (χ1) is 6.84. The fraction of sp³-hybridized carbons (Fsp3) is 0.909. The standard InChI is InChI=1S/C11H21NO2/c1-2-3-5-8-12-11(13)10-7-4-6-9-14-10/h10H,2-9H2,1H3,(H,12,13)/t10-/m1/s1. The molecule has 1 heterocycles. The molecule has 82 valence electrons. The summed E-state index contributed by atoms with van der Waals surface area (Å²) in [5.74, 6) is 0.0841. The van der Waals surface area contributed by atoms with Gasteiger partial charge in [0.15, 0.2) is 0 Å². The van der Waals surface area contributed by atoms with Crippen LogP contribution in [0.5, 0.6) is 0 Å². The third kappa shape index (κ3) is 4.09. The number of ether oxygens (including phenoxy) is 1. The van der Waals surface area contributed by atoms with E-state index in [4.69, 9.17) is 4.74 Å². The normalized spacial score (nSPS) is 21.9. The van der Waals surface area contributed by atoms with Crippen molar-refractivity contribution in [2.75, 3.05) is 13.2 Å². The topological polar surface area (TPSA) is 38.3 Å². The van der Waals surface area contributed by atoms with E-state index in [2.05, 4.69) is 12.2 Å². The predicted molar refractivity (Wildman–Crippen MR) is 56.1 cm³/mol. The van der Waals surface area contributed by atoms with Gasteiger partial charge in [0.05, 0.1) is 0 Å². The fourth-order valence-corrected chi connectivity index (χ4v) is 1.65. The summed E-state index contributed by atoms with van der Waals surface area (Å²) in [4.78, 5) is 11.5. The first kappa shape index (κ1) is 11.5. The van der Waals surface area contributed by atoms with Crippen molar-refractivity contribution in [3.8, 4) is 0 Å². The van der Waals surface area contributed by atoms with Crippen molar-refractivity contribution < 1.29 is 9.53 Å². The second-order valence-corrected chi connectivity index (χ2v) is 3.85. The third-order valence-electron chi connectivity index (χ3n) is 2.55. The zero-order valence-corrected chi connectivity index (χ0v) is 9.05. The highest BCUT2D eigenvalue weighted by molar-refractivity contribution is 5.80. The quantitative estimate of drug-likeness (QED) is 0.686. The minimum absolute atomic E-state index is 0.0841. The van der Waals surface area contributed by atoms with Gasteiger partial charge < -0.3 is 10.1 Å². The molecular formula is C11H21NO2. The summed E-state index contributed by atoms with van der Waals surface area (Å²) in [6, 6.07) is 0. The van der Waals surface area contributed by atoms with Crippen molar-refractivity contribution in [3.63, 3.8) is 0 Å². The average molecular weight is 199 g/mol. The van der Waals surface area contributed by atoms with Crippen LogP contribution in [0.15, 0.2) is 0 Å². The number of unbranched alkanes of at least 4 members (excludes halogenated alkanes) is 2. The zero-order valence-electron chi connectivity index (χ0n) is 9.05. The minimum atomic E-state index is -0.176. The van der Waals surface area contributed by atoms with Crippen LogP contribution in [0.25, 0.3) is 0 Å². The highest BCUT2D eigenvalue weighted by atomic mass is 16.5. The van der Waals surface area contributed by atoms with Gasteiger partial charge in [0, 0.05) is 13.2 Å². The Labute approximate surface area is 86.2 Å². The van der Waals surface area contributed by atoms with Crippen molar-refractivity contribution in [1.29, 1.82) is 0 Å².